The Morgan fingerprint density at radius 2 is 1.92 bits per heavy atom. The Morgan fingerprint density at radius 3 is 2.55 bits per heavy atom. The third kappa shape index (κ3) is 7.17. The molecule has 0 bridgehead atoms. The van der Waals surface area contributed by atoms with E-state index in [4.69, 9.17) is 27.9 Å². The van der Waals surface area contributed by atoms with E-state index in [2.05, 4.69) is 10.3 Å². The molecule has 0 amide bonds. The number of carboxylic acids is 1. The Balaban J connectivity index is 2.02. The third-order valence-corrected chi connectivity index (χ3v) is 6.82. The van der Waals surface area contributed by atoms with Crippen LogP contribution in [0.1, 0.15) is 51.7 Å². The number of nitrogens with zero attached hydrogens (tertiary/aromatic N) is 3. The van der Waals surface area contributed by atoms with Gasteiger partial charge in [-0.1, -0.05) is 41.4 Å². The van der Waals surface area contributed by atoms with Gasteiger partial charge in [-0.3, -0.25) is 9.36 Å². The van der Waals surface area contributed by atoms with Gasteiger partial charge in [0.1, 0.15) is 5.76 Å². The molecule has 38 heavy (non-hydrogen) atoms. The van der Waals surface area contributed by atoms with Gasteiger partial charge in [-0.05, 0) is 70.4 Å². The zero-order chi connectivity index (χ0) is 28.2. The topological polar surface area (TPSA) is 115 Å². The molecule has 1 aliphatic rings. The van der Waals surface area contributed by atoms with E-state index in [0.717, 1.165) is 15.7 Å². The Hall–Kier alpha value is -3.30. The molecule has 0 spiro atoms. The number of allylic oxidation sites excluding steroid dienone is 4. The number of carbonyl (C=O) groups is 1. The minimum absolute atomic E-state index is 0.0431. The van der Waals surface area contributed by atoms with Crippen LogP contribution in [0.4, 0.5) is 5.95 Å². The first-order chi connectivity index (χ1) is 17.8. The Kier molecular flexibility index (Phi) is 9.27. The van der Waals surface area contributed by atoms with Gasteiger partial charge in [-0.25, -0.2) is 14.2 Å². The number of nitrogens with one attached hydrogen (secondary N) is 1. The summed E-state index contributed by atoms with van der Waals surface area (Å²) >= 11 is 12.6. The number of hydrogen-bond acceptors (Lipinski definition) is 6. The zero-order valence-electron chi connectivity index (χ0n) is 22.0. The maximum atomic E-state index is 13.6. The number of benzene rings is 1. The molecule has 0 saturated heterocycles. The van der Waals surface area contributed by atoms with Gasteiger partial charge in [0.05, 0.1) is 23.1 Å². The number of hydrogen-bond donors (Lipinski definition) is 2. The first-order valence-electron chi connectivity index (χ1n) is 12.2. The van der Waals surface area contributed by atoms with Crippen molar-refractivity contribution in [3.8, 4) is 0 Å². The molecule has 0 atom stereocenters. The predicted octanol–water partition coefficient (Wildman–Crippen LogP) is 5.05. The number of carboxylic acid groups (broad SMARTS) is 1. The number of rotatable bonds is 10. The molecule has 1 heterocycles. The summed E-state index contributed by atoms with van der Waals surface area (Å²) in [5.74, 6) is -0.441. The molecule has 1 aliphatic carbocycles. The molecule has 2 N–H and O–H groups in total. The van der Waals surface area contributed by atoms with Gasteiger partial charge in [0, 0.05) is 23.7 Å². The van der Waals surface area contributed by atoms with E-state index in [1.54, 1.807) is 44.2 Å². The van der Waals surface area contributed by atoms with Gasteiger partial charge in [0.15, 0.2) is 0 Å². The van der Waals surface area contributed by atoms with E-state index in [-0.39, 0.29) is 31.6 Å². The molecule has 0 unspecified atom stereocenters. The molecule has 0 fully saturated rings. The quantitative estimate of drug-likeness (QED) is 0.416. The third-order valence-electron chi connectivity index (χ3n) is 6.05. The lowest BCUT2D eigenvalue weighted by Crippen LogP contribution is -2.44. The fourth-order valence-corrected chi connectivity index (χ4v) is 3.95. The van der Waals surface area contributed by atoms with Crippen LogP contribution < -0.4 is 16.7 Å². The van der Waals surface area contributed by atoms with E-state index >= 15 is 0 Å². The summed E-state index contributed by atoms with van der Waals surface area (Å²) in [6.07, 6.45) is 5.64. The summed E-state index contributed by atoms with van der Waals surface area (Å²) in [6, 6.07) is 5.38. The summed E-state index contributed by atoms with van der Waals surface area (Å²) in [4.78, 5) is 42.2. The van der Waals surface area contributed by atoms with Gasteiger partial charge in [-0.15, -0.1) is 0 Å². The molecule has 9 nitrogen and oxygen atoms in total. The van der Waals surface area contributed by atoms with Crippen LogP contribution in [0.15, 0.2) is 62.5 Å². The lowest BCUT2D eigenvalue weighted by molar-refractivity contribution is -0.147. The molecule has 0 saturated carbocycles. The first-order valence-corrected chi connectivity index (χ1v) is 12.9. The number of anilines is 1. The van der Waals surface area contributed by atoms with Crippen LogP contribution in [0.5, 0.6) is 0 Å². The van der Waals surface area contributed by atoms with Crippen LogP contribution in [0.3, 0.4) is 0 Å². The lowest BCUT2D eigenvalue weighted by atomic mass is 9.90. The number of aliphatic carboxylic acids is 1. The summed E-state index contributed by atoms with van der Waals surface area (Å²) in [5, 5.41) is 13.6. The second-order valence-corrected chi connectivity index (χ2v) is 10.9. The standard InChI is InChI=1S/C27H32Cl2N4O5/c1-16(2)38-22-11-8-19(7-10-21(22)29)30-24-31-25(36)32(13-12-27(4,5)23(34)35)26(37)33(24)15-18-6-9-20(28)17(3)14-18/h6-9,11,14,16H,10,12-13,15H2,1-5H3,(H,34,35)(H,30,31,36). The van der Waals surface area contributed by atoms with Gasteiger partial charge in [-0.2, -0.15) is 4.98 Å². The number of halogens is 2. The molecular weight excluding hydrogens is 531 g/mol. The summed E-state index contributed by atoms with van der Waals surface area (Å²) in [7, 11) is 0. The summed E-state index contributed by atoms with van der Waals surface area (Å²) in [5.41, 5.74) is -0.331. The predicted molar refractivity (Wildman–Crippen MR) is 149 cm³/mol. The van der Waals surface area contributed by atoms with Crippen molar-refractivity contribution in [3.05, 3.63) is 90.0 Å². The van der Waals surface area contributed by atoms with Crippen LogP contribution >= 0.6 is 23.2 Å². The lowest BCUT2D eigenvalue weighted by Gasteiger charge is -2.20. The smallest absolute Gasteiger partial charge is 0.354 e. The van der Waals surface area contributed by atoms with Crippen LogP contribution in [0.25, 0.3) is 0 Å². The highest BCUT2D eigenvalue weighted by atomic mass is 35.5. The highest BCUT2D eigenvalue weighted by molar-refractivity contribution is 6.31. The van der Waals surface area contributed by atoms with Crippen LogP contribution in [0, 0.1) is 12.3 Å². The second kappa shape index (κ2) is 12.0. The minimum atomic E-state index is -1.13. The van der Waals surface area contributed by atoms with Crippen molar-refractivity contribution in [2.45, 2.75) is 66.7 Å². The average Bonchev–Trinajstić information content (AvgIpc) is 2.99. The normalized spacial score (nSPS) is 13.9. The van der Waals surface area contributed by atoms with Crippen molar-refractivity contribution in [2.24, 2.45) is 5.41 Å². The van der Waals surface area contributed by atoms with Crippen molar-refractivity contribution in [1.29, 1.82) is 0 Å². The van der Waals surface area contributed by atoms with Gasteiger partial charge >= 0.3 is 17.3 Å². The Labute approximate surface area is 231 Å². The zero-order valence-corrected chi connectivity index (χ0v) is 23.6. The molecule has 204 valence electrons. The van der Waals surface area contributed by atoms with E-state index in [1.807, 2.05) is 26.8 Å². The molecular formula is C27H32Cl2N4O5. The second-order valence-electron chi connectivity index (χ2n) is 10.0. The fraction of sp³-hybridized carbons (Fsp3) is 0.407. The highest BCUT2D eigenvalue weighted by Gasteiger charge is 2.28. The molecule has 2 aromatic rings. The molecule has 1 aromatic carbocycles. The van der Waals surface area contributed by atoms with Crippen molar-refractivity contribution in [2.75, 3.05) is 5.32 Å². The first kappa shape index (κ1) is 29.3. The Morgan fingerprint density at radius 1 is 1.21 bits per heavy atom. The monoisotopic (exact) mass is 562 g/mol. The largest absolute Gasteiger partial charge is 0.490 e. The van der Waals surface area contributed by atoms with Crippen LogP contribution in [0.2, 0.25) is 5.02 Å². The number of ether oxygens (including phenoxy) is 1. The number of aromatic nitrogens is 3. The van der Waals surface area contributed by atoms with Crippen molar-refractivity contribution in [3.63, 3.8) is 0 Å². The van der Waals surface area contributed by atoms with Crippen LogP contribution in [-0.2, 0) is 22.6 Å². The van der Waals surface area contributed by atoms with E-state index in [0.29, 0.717) is 27.9 Å². The van der Waals surface area contributed by atoms with Crippen molar-refractivity contribution >= 4 is 35.1 Å². The average molecular weight is 563 g/mol. The summed E-state index contributed by atoms with van der Waals surface area (Å²) in [6.45, 7) is 8.75. The maximum Gasteiger partial charge on any atom is 0.354 e. The molecule has 0 aliphatic heterocycles. The molecule has 11 heteroatoms. The molecule has 1 aromatic heterocycles. The molecule has 0 radical (unpaired) electrons. The van der Waals surface area contributed by atoms with Crippen molar-refractivity contribution in [1.82, 2.24) is 14.1 Å². The molecule has 3 rings (SSSR count). The van der Waals surface area contributed by atoms with Gasteiger partial charge in [0.2, 0.25) is 5.95 Å². The van der Waals surface area contributed by atoms with Crippen molar-refractivity contribution < 1.29 is 14.6 Å². The van der Waals surface area contributed by atoms with Crippen LogP contribution in [-0.4, -0.2) is 31.3 Å². The van der Waals surface area contributed by atoms with E-state index in [9.17, 15) is 19.5 Å². The fourth-order valence-electron chi connectivity index (χ4n) is 3.65. The van der Waals surface area contributed by atoms with E-state index < -0.39 is 22.8 Å². The Bertz CT molecular complexity index is 1430. The minimum Gasteiger partial charge on any atom is -0.490 e. The van der Waals surface area contributed by atoms with Gasteiger partial charge in [0.25, 0.3) is 0 Å². The highest BCUT2D eigenvalue weighted by Crippen LogP contribution is 2.24. The SMILES string of the molecule is Cc1cc(Cn2c(NC3=CCC(Cl)=C(OC(C)C)C=C3)nc(=O)n(CCC(C)(C)C(=O)O)c2=O)ccc1Cl. The summed E-state index contributed by atoms with van der Waals surface area (Å²) < 4.78 is 8.06. The maximum absolute atomic E-state index is 13.6. The number of aryl methyl sites for hydroxylation is 1. The van der Waals surface area contributed by atoms with Gasteiger partial charge < -0.3 is 15.2 Å². The van der Waals surface area contributed by atoms with E-state index in [1.165, 1.54) is 4.57 Å².